The predicted molar refractivity (Wildman–Crippen MR) is 79.2 cm³/mol. The fraction of sp³-hybridized carbons (Fsp3) is 0.333. The molecule has 2 rings (SSSR count). The van der Waals surface area contributed by atoms with Gasteiger partial charge in [-0.2, -0.15) is 0 Å². The highest BCUT2D eigenvalue weighted by molar-refractivity contribution is 9.10. The van der Waals surface area contributed by atoms with E-state index in [0.29, 0.717) is 12.6 Å². The second-order valence-electron chi connectivity index (χ2n) is 4.62. The van der Waals surface area contributed by atoms with Gasteiger partial charge in [-0.3, -0.25) is 0 Å². The van der Waals surface area contributed by atoms with E-state index in [4.69, 9.17) is 9.15 Å². The predicted octanol–water partition coefficient (Wildman–Crippen LogP) is 4.12. The number of halogens is 1. The van der Waals surface area contributed by atoms with Gasteiger partial charge in [0.2, 0.25) is 0 Å². The van der Waals surface area contributed by atoms with Crippen LogP contribution < -0.4 is 10.1 Å². The Labute approximate surface area is 122 Å². The average Bonchev–Trinajstić information content (AvgIpc) is 2.83. The maximum atomic E-state index is 5.76. The number of para-hydroxylation sites is 1. The normalized spacial score (nSPS) is 10.9. The first kappa shape index (κ1) is 14.2. The average molecular weight is 324 g/mol. The fourth-order valence-corrected chi connectivity index (χ4v) is 2.07. The van der Waals surface area contributed by atoms with Crippen molar-refractivity contribution in [3.05, 3.63) is 52.4 Å². The van der Waals surface area contributed by atoms with Crippen molar-refractivity contribution < 1.29 is 9.15 Å². The van der Waals surface area contributed by atoms with Gasteiger partial charge in [0.1, 0.15) is 18.1 Å². The number of nitrogens with one attached hydrogen (secondary N) is 1. The van der Waals surface area contributed by atoms with Crippen LogP contribution in [0.5, 0.6) is 5.75 Å². The molecule has 0 unspecified atom stereocenters. The number of hydrogen-bond donors (Lipinski definition) is 1. The van der Waals surface area contributed by atoms with Gasteiger partial charge in [0, 0.05) is 18.2 Å². The van der Waals surface area contributed by atoms with E-state index < -0.39 is 0 Å². The van der Waals surface area contributed by atoms with Crippen molar-refractivity contribution in [2.24, 2.45) is 0 Å². The second kappa shape index (κ2) is 6.78. The van der Waals surface area contributed by atoms with Crippen LogP contribution in [0.2, 0.25) is 0 Å². The van der Waals surface area contributed by atoms with Gasteiger partial charge >= 0.3 is 0 Å². The maximum absolute atomic E-state index is 5.76. The lowest BCUT2D eigenvalue weighted by Gasteiger charge is -2.10. The molecule has 3 nitrogen and oxygen atoms in total. The molecule has 1 heterocycles. The minimum Gasteiger partial charge on any atom is -0.484 e. The van der Waals surface area contributed by atoms with Crippen molar-refractivity contribution in [2.75, 3.05) is 0 Å². The molecule has 1 aromatic carbocycles. The summed E-state index contributed by atoms with van der Waals surface area (Å²) >= 11 is 3.46. The summed E-state index contributed by atoms with van der Waals surface area (Å²) in [5.74, 6) is 1.69. The highest BCUT2D eigenvalue weighted by atomic mass is 79.9. The summed E-state index contributed by atoms with van der Waals surface area (Å²) in [5, 5.41) is 3.37. The van der Waals surface area contributed by atoms with Gasteiger partial charge in [-0.15, -0.1) is 0 Å². The fourth-order valence-electron chi connectivity index (χ4n) is 1.67. The van der Waals surface area contributed by atoms with E-state index in [9.17, 15) is 0 Å². The van der Waals surface area contributed by atoms with Crippen LogP contribution in [0, 0.1) is 0 Å². The smallest absolute Gasteiger partial charge is 0.146 e. The first-order valence-corrected chi connectivity index (χ1v) is 7.12. The molecule has 0 saturated heterocycles. The van der Waals surface area contributed by atoms with E-state index in [0.717, 1.165) is 28.1 Å². The molecular formula is C15H18BrNO2. The summed E-state index contributed by atoms with van der Waals surface area (Å²) in [7, 11) is 0. The third kappa shape index (κ3) is 4.11. The molecule has 0 radical (unpaired) electrons. The SMILES string of the molecule is CC(C)NCc1ccoc1COc1ccccc1Br. The Kier molecular flexibility index (Phi) is 5.05. The zero-order valence-electron chi connectivity index (χ0n) is 11.2. The molecular weight excluding hydrogens is 306 g/mol. The van der Waals surface area contributed by atoms with Crippen molar-refractivity contribution in [2.45, 2.75) is 33.0 Å². The van der Waals surface area contributed by atoms with Gasteiger partial charge in [0.15, 0.2) is 0 Å². The lowest BCUT2D eigenvalue weighted by Crippen LogP contribution is -2.22. The van der Waals surface area contributed by atoms with Crippen LogP contribution in [0.25, 0.3) is 0 Å². The summed E-state index contributed by atoms with van der Waals surface area (Å²) in [6.45, 7) is 5.47. The monoisotopic (exact) mass is 323 g/mol. The molecule has 0 amide bonds. The number of ether oxygens (including phenoxy) is 1. The van der Waals surface area contributed by atoms with Crippen molar-refractivity contribution in [1.82, 2.24) is 5.32 Å². The number of rotatable bonds is 6. The van der Waals surface area contributed by atoms with Crippen LogP contribution in [-0.4, -0.2) is 6.04 Å². The summed E-state index contributed by atoms with van der Waals surface area (Å²) < 4.78 is 12.2. The summed E-state index contributed by atoms with van der Waals surface area (Å²) in [6.07, 6.45) is 1.70. The first-order valence-electron chi connectivity index (χ1n) is 6.33. The quantitative estimate of drug-likeness (QED) is 0.868. The number of furan rings is 1. The Balaban J connectivity index is 1.96. The Hall–Kier alpha value is -1.26. The molecule has 0 aliphatic heterocycles. The second-order valence-corrected chi connectivity index (χ2v) is 5.48. The van der Waals surface area contributed by atoms with Gasteiger partial charge in [-0.25, -0.2) is 0 Å². The molecule has 0 saturated carbocycles. The Morgan fingerprint density at radius 2 is 2.05 bits per heavy atom. The Morgan fingerprint density at radius 1 is 1.26 bits per heavy atom. The molecule has 19 heavy (non-hydrogen) atoms. The van der Waals surface area contributed by atoms with Crippen LogP contribution in [-0.2, 0) is 13.2 Å². The van der Waals surface area contributed by atoms with Crippen LogP contribution in [0.4, 0.5) is 0 Å². The summed E-state index contributed by atoms with van der Waals surface area (Å²) in [5.41, 5.74) is 1.14. The van der Waals surface area contributed by atoms with Gasteiger partial charge in [0.25, 0.3) is 0 Å². The lowest BCUT2D eigenvalue weighted by atomic mass is 10.2. The molecule has 0 aliphatic carbocycles. The van der Waals surface area contributed by atoms with Crippen LogP contribution in [0.1, 0.15) is 25.2 Å². The third-order valence-corrected chi connectivity index (χ3v) is 3.39. The Morgan fingerprint density at radius 3 is 2.79 bits per heavy atom. The molecule has 0 spiro atoms. The molecule has 1 N–H and O–H groups in total. The minimum atomic E-state index is 0.435. The minimum absolute atomic E-state index is 0.435. The molecule has 102 valence electrons. The van der Waals surface area contributed by atoms with Gasteiger partial charge in [-0.1, -0.05) is 26.0 Å². The topological polar surface area (TPSA) is 34.4 Å². The van der Waals surface area contributed by atoms with Crippen LogP contribution in [0.3, 0.4) is 0 Å². The van der Waals surface area contributed by atoms with Crippen molar-refractivity contribution >= 4 is 15.9 Å². The molecule has 0 atom stereocenters. The summed E-state index contributed by atoms with van der Waals surface area (Å²) in [6, 6.07) is 10.2. The first-order chi connectivity index (χ1) is 9.16. The third-order valence-electron chi connectivity index (χ3n) is 2.73. The van der Waals surface area contributed by atoms with Crippen molar-refractivity contribution in [1.29, 1.82) is 0 Å². The molecule has 0 bridgehead atoms. The molecule has 2 aromatic rings. The van der Waals surface area contributed by atoms with E-state index >= 15 is 0 Å². The van der Waals surface area contributed by atoms with E-state index in [1.807, 2.05) is 30.3 Å². The van der Waals surface area contributed by atoms with Crippen molar-refractivity contribution in [3.63, 3.8) is 0 Å². The van der Waals surface area contributed by atoms with Crippen LogP contribution in [0.15, 0.2) is 45.5 Å². The number of hydrogen-bond acceptors (Lipinski definition) is 3. The number of benzene rings is 1. The van der Waals surface area contributed by atoms with Crippen LogP contribution >= 0.6 is 15.9 Å². The molecule has 1 aromatic heterocycles. The molecule has 0 aliphatic rings. The Bertz CT molecular complexity index is 522. The maximum Gasteiger partial charge on any atom is 0.146 e. The van der Waals surface area contributed by atoms with Gasteiger partial charge in [-0.05, 0) is 34.1 Å². The van der Waals surface area contributed by atoms with E-state index in [1.165, 1.54) is 0 Å². The van der Waals surface area contributed by atoms with E-state index in [-0.39, 0.29) is 0 Å². The zero-order valence-corrected chi connectivity index (χ0v) is 12.7. The highest BCUT2D eigenvalue weighted by Gasteiger charge is 2.08. The van der Waals surface area contributed by atoms with Crippen molar-refractivity contribution in [3.8, 4) is 5.75 Å². The molecule has 0 fully saturated rings. The van der Waals surface area contributed by atoms with Gasteiger partial charge < -0.3 is 14.5 Å². The summed E-state index contributed by atoms with van der Waals surface area (Å²) in [4.78, 5) is 0. The largest absolute Gasteiger partial charge is 0.484 e. The zero-order chi connectivity index (χ0) is 13.7. The lowest BCUT2D eigenvalue weighted by molar-refractivity contribution is 0.266. The molecule has 4 heteroatoms. The highest BCUT2D eigenvalue weighted by Crippen LogP contribution is 2.25. The van der Waals surface area contributed by atoms with E-state index in [1.54, 1.807) is 6.26 Å². The standard InChI is InChI=1S/C15H18BrNO2/c1-11(2)17-9-12-7-8-18-15(12)10-19-14-6-4-3-5-13(14)16/h3-8,11,17H,9-10H2,1-2H3. The van der Waals surface area contributed by atoms with Gasteiger partial charge in [0.05, 0.1) is 10.7 Å². The van der Waals surface area contributed by atoms with E-state index in [2.05, 4.69) is 35.1 Å².